The molecule has 0 aromatic heterocycles. The average molecular weight is 343 g/mol. The maximum Gasteiger partial charge on any atom is 0.261 e. The summed E-state index contributed by atoms with van der Waals surface area (Å²) in [6.07, 6.45) is 7.16. The second-order valence-corrected chi connectivity index (χ2v) is 6.82. The second-order valence-electron chi connectivity index (χ2n) is 5.14. The van der Waals surface area contributed by atoms with Crippen LogP contribution < -0.4 is 9.46 Å². The number of hydrogen-bond donors (Lipinski definition) is 1. The van der Waals surface area contributed by atoms with Gasteiger partial charge in [0.2, 0.25) is 0 Å². The molecule has 5 heteroatoms. The Morgan fingerprint density at radius 2 is 1.83 bits per heavy atom. The number of anilines is 1. The van der Waals surface area contributed by atoms with Gasteiger partial charge in [0.25, 0.3) is 10.0 Å². The number of hydrogen-bond acceptors (Lipinski definition) is 3. The van der Waals surface area contributed by atoms with E-state index in [1.54, 1.807) is 31.4 Å². The van der Waals surface area contributed by atoms with Crippen LogP contribution in [-0.4, -0.2) is 15.5 Å². The van der Waals surface area contributed by atoms with Gasteiger partial charge in [0, 0.05) is 0 Å². The minimum absolute atomic E-state index is 0.199. The van der Waals surface area contributed by atoms with Gasteiger partial charge in [-0.3, -0.25) is 4.72 Å². The Balaban J connectivity index is 2.19. The summed E-state index contributed by atoms with van der Waals surface area (Å²) in [5, 5.41) is 0. The van der Waals surface area contributed by atoms with Gasteiger partial charge in [-0.1, -0.05) is 43.0 Å². The number of sulfonamides is 1. The van der Waals surface area contributed by atoms with Crippen LogP contribution in [0.5, 0.6) is 5.75 Å². The normalized spacial score (nSPS) is 11.4. The molecule has 24 heavy (non-hydrogen) atoms. The minimum Gasteiger partial charge on any atom is -0.497 e. The molecule has 0 atom stereocenters. The molecule has 126 valence electrons. The molecule has 0 radical (unpaired) electrons. The van der Waals surface area contributed by atoms with Crippen molar-refractivity contribution in [3.63, 3.8) is 0 Å². The lowest BCUT2D eigenvalue weighted by molar-refractivity contribution is 0.414. The van der Waals surface area contributed by atoms with Gasteiger partial charge < -0.3 is 4.74 Å². The fourth-order valence-corrected chi connectivity index (χ4v) is 3.33. The Hall–Kier alpha value is -2.53. The number of methoxy groups -OCH3 is 1. The summed E-state index contributed by atoms with van der Waals surface area (Å²) in [6.45, 7) is 3.63. The molecule has 0 aliphatic heterocycles. The highest BCUT2D eigenvalue weighted by atomic mass is 32.2. The first kappa shape index (κ1) is 17.8. The van der Waals surface area contributed by atoms with Crippen LogP contribution in [-0.2, 0) is 16.4 Å². The Morgan fingerprint density at radius 1 is 1.12 bits per heavy atom. The highest BCUT2D eigenvalue weighted by Crippen LogP contribution is 2.22. The molecule has 2 aromatic rings. The van der Waals surface area contributed by atoms with Crippen molar-refractivity contribution in [3.05, 3.63) is 78.9 Å². The number of para-hydroxylation sites is 1. The first-order chi connectivity index (χ1) is 11.6. The van der Waals surface area contributed by atoms with Crippen molar-refractivity contribution in [2.45, 2.75) is 17.7 Å². The highest BCUT2D eigenvalue weighted by Gasteiger charge is 2.15. The number of benzene rings is 2. The molecular weight excluding hydrogens is 322 g/mol. The third kappa shape index (κ3) is 4.73. The minimum atomic E-state index is -3.64. The molecule has 0 aliphatic rings. The van der Waals surface area contributed by atoms with Crippen LogP contribution in [0, 0.1) is 0 Å². The zero-order valence-electron chi connectivity index (χ0n) is 13.6. The van der Waals surface area contributed by atoms with Crippen LogP contribution in [0.15, 0.2) is 78.2 Å². The van der Waals surface area contributed by atoms with E-state index in [-0.39, 0.29) is 4.90 Å². The fourth-order valence-electron chi connectivity index (χ4n) is 2.23. The maximum absolute atomic E-state index is 12.6. The zero-order valence-corrected chi connectivity index (χ0v) is 14.4. The number of allylic oxidation sites excluding steroid dienone is 3. The van der Waals surface area contributed by atoms with Crippen LogP contribution in [0.3, 0.4) is 0 Å². The van der Waals surface area contributed by atoms with Crippen LogP contribution >= 0.6 is 0 Å². The van der Waals surface area contributed by atoms with Crippen LogP contribution in [0.25, 0.3) is 0 Å². The first-order valence-electron chi connectivity index (χ1n) is 7.59. The molecule has 1 N–H and O–H groups in total. The molecule has 2 aromatic carbocycles. The van der Waals surface area contributed by atoms with E-state index in [1.807, 2.05) is 30.4 Å². The highest BCUT2D eigenvalue weighted by molar-refractivity contribution is 7.92. The van der Waals surface area contributed by atoms with Gasteiger partial charge in [-0.05, 0) is 48.7 Å². The summed E-state index contributed by atoms with van der Waals surface area (Å²) in [6, 6.07) is 13.7. The van der Waals surface area contributed by atoms with Gasteiger partial charge in [0.1, 0.15) is 5.75 Å². The molecule has 0 bridgehead atoms. The van der Waals surface area contributed by atoms with Gasteiger partial charge in [0.15, 0.2) is 0 Å². The molecule has 0 saturated carbocycles. The second kappa shape index (κ2) is 8.36. The smallest absolute Gasteiger partial charge is 0.261 e. The van der Waals surface area contributed by atoms with Crippen LogP contribution in [0.4, 0.5) is 5.69 Å². The Labute approximate surface area is 143 Å². The van der Waals surface area contributed by atoms with Crippen molar-refractivity contribution in [3.8, 4) is 5.75 Å². The summed E-state index contributed by atoms with van der Waals surface area (Å²) in [7, 11) is -2.10. The number of aryl methyl sites for hydroxylation is 1. The van der Waals surface area contributed by atoms with Crippen LogP contribution in [0.2, 0.25) is 0 Å². The van der Waals surface area contributed by atoms with E-state index in [1.165, 1.54) is 12.1 Å². The van der Waals surface area contributed by atoms with E-state index < -0.39 is 10.0 Å². The summed E-state index contributed by atoms with van der Waals surface area (Å²) >= 11 is 0. The average Bonchev–Trinajstić information content (AvgIpc) is 2.60. The number of nitrogens with one attached hydrogen (secondary N) is 1. The Kier molecular flexibility index (Phi) is 6.21. The predicted octanol–water partition coefficient (Wildman–Crippen LogP) is 4.17. The quantitative estimate of drug-likeness (QED) is 0.732. The third-order valence-corrected chi connectivity index (χ3v) is 4.87. The van der Waals surface area contributed by atoms with Crippen molar-refractivity contribution in [1.82, 2.24) is 0 Å². The molecule has 0 heterocycles. The van der Waals surface area contributed by atoms with Gasteiger partial charge in [-0.2, -0.15) is 0 Å². The zero-order chi connectivity index (χ0) is 17.4. The number of ether oxygens (including phenoxy) is 1. The largest absolute Gasteiger partial charge is 0.497 e. The van der Waals surface area contributed by atoms with Gasteiger partial charge >= 0.3 is 0 Å². The lowest BCUT2D eigenvalue weighted by Gasteiger charge is -2.12. The van der Waals surface area contributed by atoms with Crippen molar-refractivity contribution >= 4 is 15.7 Å². The maximum atomic E-state index is 12.6. The molecule has 4 nitrogen and oxygen atoms in total. The lowest BCUT2D eigenvalue weighted by Crippen LogP contribution is -2.14. The molecule has 0 saturated heterocycles. The van der Waals surface area contributed by atoms with Crippen molar-refractivity contribution in [1.29, 1.82) is 0 Å². The standard InChI is InChI=1S/C19H21NO3S/c1-3-4-5-6-9-16-10-7-8-11-19(16)20-24(21,22)18-14-12-17(23-2)13-15-18/h3-5,7-8,10-15,20H,1,6,9H2,2H3/b5-4+. The summed E-state index contributed by atoms with van der Waals surface area (Å²) in [5.41, 5.74) is 1.55. The topological polar surface area (TPSA) is 55.4 Å². The summed E-state index contributed by atoms with van der Waals surface area (Å²) in [4.78, 5) is 0.199. The van der Waals surface area contributed by atoms with E-state index in [0.717, 1.165) is 18.4 Å². The van der Waals surface area contributed by atoms with Crippen LogP contribution in [0.1, 0.15) is 12.0 Å². The van der Waals surface area contributed by atoms with Crippen molar-refractivity contribution in [2.24, 2.45) is 0 Å². The van der Waals surface area contributed by atoms with E-state index >= 15 is 0 Å². The first-order valence-corrected chi connectivity index (χ1v) is 9.07. The molecule has 0 fully saturated rings. The van der Waals surface area contributed by atoms with E-state index in [0.29, 0.717) is 11.4 Å². The predicted molar refractivity (Wildman–Crippen MR) is 97.9 cm³/mol. The van der Waals surface area contributed by atoms with Gasteiger partial charge in [-0.25, -0.2) is 8.42 Å². The lowest BCUT2D eigenvalue weighted by atomic mass is 10.1. The monoisotopic (exact) mass is 343 g/mol. The van der Waals surface area contributed by atoms with E-state index in [9.17, 15) is 8.42 Å². The molecular formula is C19H21NO3S. The molecule has 0 aliphatic carbocycles. The summed E-state index contributed by atoms with van der Waals surface area (Å²) in [5.74, 6) is 0.614. The Morgan fingerprint density at radius 3 is 2.50 bits per heavy atom. The molecule has 0 spiro atoms. The summed E-state index contributed by atoms with van der Waals surface area (Å²) < 4.78 is 32.8. The van der Waals surface area contributed by atoms with E-state index in [4.69, 9.17) is 4.74 Å². The van der Waals surface area contributed by atoms with Crippen molar-refractivity contribution in [2.75, 3.05) is 11.8 Å². The number of rotatable bonds is 8. The fraction of sp³-hybridized carbons (Fsp3) is 0.158. The SMILES string of the molecule is C=C/C=C/CCc1ccccc1NS(=O)(=O)c1ccc(OC)cc1. The molecule has 2 rings (SSSR count). The van der Waals surface area contributed by atoms with Gasteiger partial charge in [-0.15, -0.1) is 0 Å². The molecule has 0 amide bonds. The van der Waals surface area contributed by atoms with Crippen molar-refractivity contribution < 1.29 is 13.2 Å². The Bertz CT molecular complexity index is 809. The van der Waals surface area contributed by atoms with E-state index in [2.05, 4.69) is 11.3 Å². The third-order valence-electron chi connectivity index (χ3n) is 3.48. The molecule has 0 unspecified atom stereocenters. The van der Waals surface area contributed by atoms with Gasteiger partial charge in [0.05, 0.1) is 17.7 Å².